The van der Waals surface area contributed by atoms with Gasteiger partial charge in [0, 0.05) is 18.2 Å². The zero-order valence-electron chi connectivity index (χ0n) is 12.9. The number of allylic oxidation sites excluding steroid dienone is 1. The zero-order valence-corrected chi connectivity index (χ0v) is 12.9. The molecule has 0 spiro atoms. The van der Waals surface area contributed by atoms with Crippen molar-refractivity contribution in [3.8, 4) is 0 Å². The van der Waals surface area contributed by atoms with E-state index >= 15 is 0 Å². The molecule has 0 saturated carbocycles. The van der Waals surface area contributed by atoms with Crippen LogP contribution in [-0.4, -0.2) is 13.1 Å². The molecule has 1 aliphatic carbocycles. The molecule has 106 valence electrons. The Morgan fingerprint density at radius 3 is 2.43 bits per heavy atom. The third-order valence-electron chi connectivity index (χ3n) is 5.34. The molecule has 2 atom stereocenters. The van der Waals surface area contributed by atoms with Gasteiger partial charge in [0.2, 0.25) is 0 Å². The molecule has 1 heterocycles. The molecule has 0 N–H and O–H groups in total. The second kappa shape index (κ2) is 4.24. The van der Waals surface area contributed by atoms with E-state index in [0.29, 0.717) is 6.04 Å². The lowest BCUT2D eigenvalue weighted by Crippen LogP contribution is -2.38. The van der Waals surface area contributed by atoms with Gasteiger partial charge in [-0.05, 0) is 36.1 Å². The van der Waals surface area contributed by atoms with Gasteiger partial charge in [0.1, 0.15) is 0 Å². The lowest BCUT2D eigenvalue weighted by Gasteiger charge is -2.31. The first-order valence-electron chi connectivity index (χ1n) is 7.70. The number of hydrogen-bond acceptors (Lipinski definition) is 1. The van der Waals surface area contributed by atoms with Crippen molar-refractivity contribution in [2.75, 3.05) is 11.9 Å². The molecule has 1 heteroatoms. The predicted molar refractivity (Wildman–Crippen MR) is 89.6 cm³/mol. The maximum atomic E-state index is 2.48. The Balaban J connectivity index is 1.90. The van der Waals surface area contributed by atoms with E-state index in [1.165, 1.54) is 28.0 Å². The first-order valence-corrected chi connectivity index (χ1v) is 7.70. The standard InChI is InChI=1S/C20H21N/c1-14-13-20(2)16-11-7-8-12-17(16)21(3)19(20)18(14)15-9-5-4-6-10-15/h4-12,19H,13H2,1-3H3/t19-,20-/m0/s1. The van der Waals surface area contributed by atoms with Crippen molar-refractivity contribution < 1.29 is 0 Å². The van der Waals surface area contributed by atoms with E-state index in [1.807, 2.05) is 0 Å². The van der Waals surface area contributed by atoms with Crippen LogP contribution in [0.25, 0.3) is 5.57 Å². The summed E-state index contributed by atoms with van der Waals surface area (Å²) in [5, 5.41) is 0. The van der Waals surface area contributed by atoms with Crippen LogP contribution >= 0.6 is 0 Å². The average molecular weight is 275 g/mol. The minimum Gasteiger partial charge on any atom is -0.366 e. The average Bonchev–Trinajstić information content (AvgIpc) is 2.89. The number of hydrogen-bond donors (Lipinski definition) is 0. The SMILES string of the molecule is CC1=C(c2ccccc2)[C@@H]2N(C)c3ccccc3[C@]2(C)C1. The molecule has 1 nitrogen and oxygen atoms in total. The van der Waals surface area contributed by atoms with E-state index in [1.54, 1.807) is 0 Å². The van der Waals surface area contributed by atoms with E-state index in [9.17, 15) is 0 Å². The quantitative estimate of drug-likeness (QED) is 0.733. The van der Waals surface area contributed by atoms with Gasteiger partial charge >= 0.3 is 0 Å². The van der Waals surface area contributed by atoms with E-state index in [0.717, 1.165) is 6.42 Å². The second-order valence-electron chi connectivity index (χ2n) is 6.68. The molecule has 0 radical (unpaired) electrons. The summed E-state index contributed by atoms with van der Waals surface area (Å²) in [6.07, 6.45) is 1.16. The molecule has 2 aromatic carbocycles. The van der Waals surface area contributed by atoms with Crippen LogP contribution in [0.15, 0.2) is 60.2 Å². The Hall–Kier alpha value is -2.02. The predicted octanol–water partition coefficient (Wildman–Crippen LogP) is 4.64. The summed E-state index contributed by atoms with van der Waals surface area (Å²) in [6.45, 7) is 4.74. The Labute approximate surface area is 126 Å². The van der Waals surface area contributed by atoms with Crippen molar-refractivity contribution in [2.24, 2.45) is 0 Å². The summed E-state index contributed by atoms with van der Waals surface area (Å²) < 4.78 is 0. The van der Waals surface area contributed by atoms with Gasteiger partial charge in [-0.25, -0.2) is 0 Å². The van der Waals surface area contributed by atoms with E-state index < -0.39 is 0 Å². The first kappa shape index (κ1) is 12.7. The summed E-state index contributed by atoms with van der Waals surface area (Å²) in [5.74, 6) is 0. The number of rotatable bonds is 1. The highest BCUT2D eigenvalue weighted by atomic mass is 15.2. The highest BCUT2D eigenvalue weighted by molar-refractivity contribution is 5.85. The van der Waals surface area contributed by atoms with Crippen LogP contribution in [0.1, 0.15) is 31.4 Å². The van der Waals surface area contributed by atoms with Gasteiger partial charge in [-0.2, -0.15) is 0 Å². The number of para-hydroxylation sites is 1. The summed E-state index contributed by atoms with van der Waals surface area (Å²) in [4.78, 5) is 2.48. The van der Waals surface area contributed by atoms with Gasteiger partial charge in [0.05, 0.1) is 6.04 Å². The monoisotopic (exact) mass is 275 g/mol. The minimum absolute atomic E-state index is 0.209. The van der Waals surface area contributed by atoms with Gasteiger partial charge in [-0.3, -0.25) is 0 Å². The van der Waals surface area contributed by atoms with Crippen LogP contribution in [-0.2, 0) is 5.41 Å². The largest absolute Gasteiger partial charge is 0.366 e. The molecule has 0 fully saturated rings. The first-order chi connectivity index (χ1) is 10.1. The van der Waals surface area contributed by atoms with Gasteiger partial charge < -0.3 is 4.90 Å². The van der Waals surface area contributed by atoms with Crippen molar-refractivity contribution in [3.63, 3.8) is 0 Å². The van der Waals surface area contributed by atoms with Gasteiger partial charge in [0.15, 0.2) is 0 Å². The molecule has 2 aliphatic rings. The van der Waals surface area contributed by atoms with Crippen molar-refractivity contribution >= 4 is 11.3 Å². The van der Waals surface area contributed by atoms with Crippen molar-refractivity contribution in [2.45, 2.75) is 31.7 Å². The topological polar surface area (TPSA) is 3.24 Å². The van der Waals surface area contributed by atoms with Crippen LogP contribution in [0, 0.1) is 0 Å². The Bertz CT molecular complexity index is 729. The fourth-order valence-corrected chi connectivity index (χ4v) is 4.58. The fraction of sp³-hybridized carbons (Fsp3) is 0.300. The van der Waals surface area contributed by atoms with Crippen LogP contribution in [0.4, 0.5) is 5.69 Å². The Morgan fingerprint density at radius 1 is 1.00 bits per heavy atom. The molecule has 0 amide bonds. The minimum atomic E-state index is 0.209. The molecule has 2 aromatic rings. The lowest BCUT2D eigenvalue weighted by molar-refractivity contribution is 0.474. The molecule has 4 rings (SSSR count). The second-order valence-corrected chi connectivity index (χ2v) is 6.68. The molecule has 1 aliphatic heterocycles. The zero-order chi connectivity index (χ0) is 14.6. The number of benzene rings is 2. The highest BCUT2D eigenvalue weighted by Gasteiger charge is 2.52. The van der Waals surface area contributed by atoms with Crippen molar-refractivity contribution in [3.05, 3.63) is 71.3 Å². The normalized spacial score (nSPS) is 27.0. The maximum absolute atomic E-state index is 2.48. The third kappa shape index (κ3) is 1.58. The van der Waals surface area contributed by atoms with Gasteiger partial charge in [0.25, 0.3) is 0 Å². The fourth-order valence-electron chi connectivity index (χ4n) is 4.58. The Kier molecular flexibility index (Phi) is 2.56. The number of nitrogens with zero attached hydrogens (tertiary/aromatic N) is 1. The van der Waals surface area contributed by atoms with Crippen molar-refractivity contribution in [1.82, 2.24) is 0 Å². The molecule has 0 unspecified atom stereocenters. The van der Waals surface area contributed by atoms with Crippen LogP contribution in [0.3, 0.4) is 0 Å². The molecule has 0 bridgehead atoms. The van der Waals surface area contributed by atoms with Crippen LogP contribution in [0.2, 0.25) is 0 Å². The number of anilines is 1. The van der Waals surface area contributed by atoms with Crippen molar-refractivity contribution in [1.29, 1.82) is 0 Å². The summed E-state index contributed by atoms with van der Waals surface area (Å²) in [7, 11) is 2.25. The highest BCUT2D eigenvalue weighted by Crippen LogP contribution is 2.56. The lowest BCUT2D eigenvalue weighted by atomic mass is 9.77. The molecule has 21 heavy (non-hydrogen) atoms. The Morgan fingerprint density at radius 2 is 1.67 bits per heavy atom. The number of fused-ring (bicyclic) bond motifs is 3. The summed E-state index contributed by atoms with van der Waals surface area (Å²) in [6, 6.07) is 20.3. The molecular formula is C20H21N. The summed E-state index contributed by atoms with van der Waals surface area (Å²) >= 11 is 0. The van der Waals surface area contributed by atoms with E-state index in [4.69, 9.17) is 0 Å². The van der Waals surface area contributed by atoms with Crippen LogP contribution < -0.4 is 4.90 Å². The van der Waals surface area contributed by atoms with Gasteiger partial charge in [-0.1, -0.05) is 61.0 Å². The van der Waals surface area contributed by atoms with Gasteiger partial charge in [-0.15, -0.1) is 0 Å². The van der Waals surface area contributed by atoms with Crippen LogP contribution in [0.5, 0.6) is 0 Å². The smallest absolute Gasteiger partial charge is 0.0642 e. The number of likely N-dealkylation sites (N-methyl/N-ethyl adjacent to an activating group) is 1. The summed E-state index contributed by atoms with van der Waals surface area (Å²) in [5.41, 5.74) is 7.55. The third-order valence-corrected chi connectivity index (χ3v) is 5.34. The maximum Gasteiger partial charge on any atom is 0.0642 e. The molecular weight excluding hydrogens is 254 g/mol. The van der Waals surface area contributed by atoms with E-state index in [2.05, 4.69) is 80.4 Å². The van der Waals surface area contributed by atoms with E-state index in [-0.39, 0.29) is 5.41 Å². The molecule has 0 saturated heterocycles. The molecule has 0 aromatic heterocycles.